The lowest BCUT2D eigenvalue weighted by Crippen LogP contribution is -2.26. The van der Waals surface area contributed by atoms with Crippen molar-refractivity contribution in [1.82, 2.24) is 20.4 Å². The fourth-order valence-electron chi connectivity index (χ4n) is 2.75. The number of H-pyrrole nitrogens is 2. The van der Waals surface area contributed by atoms with Crippen LogP contribution in [0.4, 0.5) is 11.4 Å². The van der Waals surface area contributed by atoms with E-state index in [4.69, 9.17) is 19.1 Å². The van der Waals surface area contributed by atoms with Gasteiger partial charge in [-0.1, -0.05) is 0 Å². The van der Waals surface area contributed by atoms with Crippen LogP contribution < -0.4 is 0 Å². The van der Waals surface area contributed by atoms with Crippen LogP contribution in [-0.4, -0.2) is 60.7 Å². The monoisotopic (exact) mass is 458 g/mol. The molecule has 4 atom stereocenters. The van der Waals surface area contributed by atoms with Crippen molar-refractivity contribution in [2.45, 2.75) is 52.1 Å². The molecule has 16 heteroatoms. The van der Waals surface area contributed by atoms with E-state index in [0.29, 0.717) is 0 Å². The minimum absolute atomic E-state index is 0.105. The third-order valence-corrected chi connectivity index (χ3v) is 4.20. The highest BCUT2D eigenvalue weighted by molar-refractivity contribution is 5.33. The maximum Gasteiger partial charge on any atom is 0.477 e. The highest BCUT2D eigenvalue weighted by atomic mass is 17.0. The van der Waals surface area contributed by atoms with E-state index in [9.17, 15) is 25.1 Å². The van der Waals surface area contributed by atoms with Crippen molar-refractivity contribution >= 4 is 11.4 Å². The lowest BCUT2D eigenvalue weighted by atomic mass is 10.2. The van der Waals surface area contributed by atoms with Gasteiger partial charge in [-0.3, -0.25) is 30.4 Å². The van der Waals surface area contributed by atoms with Gasteiger partial charge in [-0.15, -0.1) is 0 Å². The van der Waals surface area contributed by atoms with Crippen molar-refractivity contribution in [2.24, 2.45) is 0 Å². The molecule has 0 aromatic carbocycles. The topological polar surface area (TPSA) is 201 Å². The van der Waals surface area contributed by atoms with Crippen molar-refractivity contribution < 1.29 is 34.1 Å². The van der Waals surface area contributed by atoms with Crippen LogP contribution in [0.25, 0.3) is 0 Å². The average molecular weight is 458 g/mol. The molecule has 2 N–H and O–H groups in total. The van der Waals surface area contributed by atoms with Crippen molar-refractivity contribution in [2.75, 3.05) is 13.2 Å². The summed E-state index contributed by atoms with van der Waals surface area (Å²) in [6, 6.07) is 0. The molecule has 16 nitrogen and oxygen atoms in total. The van der Waals surface area contributed by atoms with Gasteiger partial charge < -0.3 is 9.47 Å². The number of nitrogens with one attached hydrogen (secondary N) is 2. The molecule has 2 aromatic rings. The third-order valence-electron chi connectivity index (χ3n) is 4.20. The van der Waals surface area contributed by atoms with E-state index in [2.05, 4.69) is 20.4 Å². The lowest BCUT2D eigenvalue weighted by molar-refractivity contribution is -0.982. The first-order valence-corrected chi connectivity index (χ1v) is 9.49. The van der Waals surface area contributed by atoms with Gasteiger partial charge in [-0.2, -0.15) is 19.9 Å². The van der Waals surface area contributed by atoms with Crippen LogP contribution in [0.5, 0.6) is 0 Å². The van der Waals surface area contributed by atoms with Gasteiger partial charge in [-0.05, 0) is 27.7 Å². The Morgan fingerprint density at radius 2 is 1.19 bits per heavy atom. The third kappa shape index (κ3) is 6.67. The summed E-state index contributed by atoms with van der Waals surface area (Å²) in [5, 5.41) is 34.1. The molecule has 0 spiro atoms. The molecule has 0 aliphatic heterocycles. The molecule has 0 amide bonds. The number of ether oxygens (including phenoxy) is 2. The first-order chi connectivity index (χ1) is 15.1. The quantitative estimate of drug-likeness (QED) is 0.310. The molecule has 0 aliphatic rings. The summed E-state index contributed by atoms with van der Waals surface area (Å²) in [6.45, 7) is 6.01. The molecular formula is C16H24N7O9+. The van der Waals surface area contributed by atoms with Gasteiger partial charge in [0.05, 0.1) is 22.1 Å². The summed E-state index contributed by atoms with van der Waals surface area (Å²) in [6.07, 6.45) is -0.445. The van der Waals surface area contributed by atoms with Gasteiger partial charge in [0.25, 0.3) is 0 Å². The van der Waals surface area contributed by atoms with E-state index >= 15 is 0 Å². The Kier molecular flexibility index (Phi) is 8.54. The van der Waals surface area contributed by atoms with Crippen LogP contribution in [0.15, 0.2) is 12.4 Å². The Morgan fingerprint density at radius 3 is 1.53 bits per heavy atom. The zero-order valence-electron chi connectivity index (χ0n) is 17.8. The Bertz CT molecular complexity index is 858. The highest BCUT2D eigenvalue weighted by Crippen LogP contribution is 2.26. The van der Waals surface area contributed by atoms with E-state index in [1.54, 1.807) is 27.7 Å². The number of hydrogen-bond donors (Lipinski definition) is 2. The normalized spacial score (nSPS) is 14.9. The Balaban J connectivity index is 1.72. The molecular weight excluding hydrogens is 434 g/mol. The molecule has 176 valence electrons. The van der Waals surface area contributed by atoms with Crippen molar-refractivity contribution in [3.63, 3.8) is 0 Å². The molecule has 0 radical (unpaired) electrons. The summed E-state index contributed by atoms with van der Waals surface area (Å²) in [4.78, 5) is 42.2. The van der Waals surface area contributed by atoms with Crippen LogP contribution in [0.2, 0.25) is 0 Å². The number of rotatable bonds is 14. The molecule has 0 saturated heterocycles. The van der Waals surface area contributed by atoms with Gasteiger partial charge in [-0.25, -0.2) is 0 Å². The fraction of sp³-hybridized carbons (Fsp3) is 0.625. The van der Waals surface area contributed by atoms with Gasteiger partial charge in [0.1, 0.15) is 40.9 Å². The van der Waals surface area contributed by atoms with Crippen molar-refractivity contribution in [3.8, 4) is 0 Å². The number of nitrogens with zero attached hydrogens (tertiary/aromatic N) is 5. The first kappa shape index (κ1) is 24.6. The maximum absolute atomic E-state index is 11.7. The summed E-state index contributed by atoms with van der Waals surface area (Å²) >= 11 is 0. The zero-order chi connectivity index (χ0) is 23.8. The average Bonchev–Trinajstić information content (AvgIpc) is 3.40. The number of nitro groups is 2. The predicted molar refractivity (Wildman–Crippen MR) is 104 cm³/mol. The van der Waals surface area contributed by atoms with E-state index < -0.39 is 34.3 Å². The Morgan fingerprint density at radius 1 is 0.812 bits per heavy atom. The summed E-state index contributed by atoms with van der Waals surface area (Å²) in [7, 11) is 0. The lowest BCUT2D eigenvalue weighted by Gasteiger charge is -2.16. The second-order valence-corrected chi connectivity index (χ2v) is 6.85. The summed E-state index contributed by atoms with van der Waals surface area (Å²) in [5.74, 6) is 0. The minimum Gasteiger partial charge on any atom is -0.365 e. The maximum atomic E-state index is 11.7. The van der Waals surface area contributed by atoms with Crippen LogP contribution in [0, 0.1) is 25.1 Å². The standard InChI is InChI=1S/C16H24N7O9/c1-9(31-11(3)15-13(21(24)25)5-17-19-15)7-29-23(28)30-8-10(2)32-12(4)16-14(22(26)27)6-18-20-16/h5-6,9-12H,7-8H2,1-4H3,(H,17,19)(H,18,20)/q+1/t9-,10-,11?,12?/m1/s1. The Labute approximate surface area is 181 Å². The zero-order valence-corrected chi connectivity index (χ0v) is 17.8. The summed E-state index contributed by atoms with van der Waals surface area (Å²) < 4.78 is 11.2. The Hall–Kier alpha value is -3.66. The minimum atomic E-state index is -0.695. The second kappa shape index (κ2) is 11.1. The van der Waals surface area contributed by atoms with E-state index in [1.165, 1.54) is 0 Å². The molecule has 0 bridgehead atoms. The van der Waals surface area contributed by atoms with E-state index in [1.807, 2.05) is 0 Å². The molecule has 32 heavy (non-hydrogen) atoms. The van der Waals surface area contributed by atoms with Gasteiger partial charge in [0.2, 0.25) is 0 Å². The molecule has 0 fully saturated rings. The summed E-state index contributed by atoms with van der Waals surface area (Å²) in [5.41, 5.74) is -0.0319. The van der Waals surface area contributed by atoms with Crippen LogP contribution in [0.1, 0.15) is 51.3 Å². The highest BCUT2D eigenvalue weighted by Gasteiger charge is 2.27. The van der Waals surface area contributed by atoms with Crippen LogP contribution >= 0.6 is 0 Å². The van der Waals surface area contributed by atoms with Gasteiger partial charge in [0.15, 0.2) is 13.2 Å². The largest absolute Gasteiger partial charge is 0.477 e. The first-order valence-electron chi connectivity index (χ1n) is 9.49. The second-order valence-electron chi connectivity index (χ2n) is 6.85. The van der Waals surface area contributed by atoms with Crippen LogP contribution in [-0.2, 0) is 19.1 Å². The van der Waals surface area contributed by atoms with E-state index in [-0.39, 0.29) is 41.1 Å². The smallest absolute Gasteiger partial charge is 0.365 e. The fourth-order valence-corrected chi connectivity index (χ4v) is 2.75. The SMILES string of the molecule is CC(O[C@H](C)CO[N+](=O)OC[C@@H](C)OC(C)c1[nH]ncc1[N+](=O)[O-])c1[nH]ncc1[N+](=O)[O-]. The number of aromatic nitrogens is 4. The van der Waals surface area contributed by atoms with Crippen molar-refractivity contribution in [1.29, 1.82) is 0 Å². The number of aromatic amines is 2. The molecule has 2 unspecified atom stereocenters. The molecule has 2 aromatic heterocycles. The van der Waals surface area contributed by atoms with E-state index in [0.717, 1.165) is 12.4 Å². The van der Waals surface area contributed by atoms with Crippen molar-refractivity contribution in [3.05, 3.63) is 48.9 Å². The molecule has 0 aliphatic carbocycles. The molecule has 2 rings (SSSR count). The van der Waals surface area contributed by atoms with Gasteiger partial charge in [0, 0.05) is 0 Å². The number of hydrogen-bond acceptors (Lipinski definition) is 11. The van der Waals surface area contributed by atoms with Gasteiger partial charge >= 0.3 is 16.5 Å². The molecule has 0 saturated carbocycles. The predicted octanol–water partition coefficient (Wildman–Crippen LogP) is 2.22. The molecule has 2 heterocycles. The van der Waals surface area contributed by atoms with Crippen LogP contribution in [0.3, 0.4) is 0 Å².